The van der Waals surface area contributed by atoms with Crippen LogP contribution in [0, 0.1) is 6.92 Å². The predicted molar refractivity (Wildman–Crippen MR) is 97.6 cm³/mol. The molecule has 1 aliphatic rings. The number of rotatable bonds is 4. The minimum Gasteiger partial charge on any atom is -0.369 e. The van der Waals surface area contributed by atoms with Gasteiger partial charge in [0, 0.05) is 31.3 Å². The third-order valence-corrected chi connectivity index (χ3v) is 4.53. The number of nitrogens with zero attached hydrogens (tertiary/aromatic N) is 3. The first-order chi connectivity index (χ1) is 12.7. The fourth-order valence-corrected chi connectivity index (χ4v) is 3.32. The van der Waals surface area contributed by atoms with E-state index in [2.05, 4.69) is 37.2 Å². The van der Waals surface area contributed by atoms with Crippen LogP contribution in [-0.2, 0) is 11.3 Å². The molecule has 7 nitrogen and oxygen atoms in total. The molecule has 2 aromatic heterocycles. The van der Waals surface area contributed by atoms with E-state index in [4.69, 9.17) is 4.74 Å². The van der Waals surface area contributed by atoms with Crippen molar-refractivity contribution in [3.8, 4) is 11.3 Å². The van der Waals surface area contributed by atoms with Gasteiger partial charge in [-0.05, 0) is 12.5 Å². The molecule has 1 atom stereocenters. The van der Waals surface area contributed by atoms with Crippen molar-refractivity contribution < 1.29 is 4.74 Å². The average molecular weight is 351 g/mol. The Kier molecular flexibility index (Phi) is 4.64. The van der Waals surface area contributed by atoms with Crippen LogP contribution < -0.4 is 5.56 Å². The van der Waals surface area contributed by atoms with Gasteiger partial charge in [0.1, 0.15) is 11.9 Å². The van der Waals surface area contributed by atoms with E-state index in [9.17, 15) is 4.79 Å². The van der Waals surface area contributed by atoms with E-state index in [1.165, 1.54) is 6.07 Å². The molecule has 1 aliphatic heterocycles. The average Bonchev–Trinajstić information content (AvgIpc) is 3.10. The Balaban J connectivity index is 1.51. The van der Waals surface area contributed by atoms with Gasteiger partial charge < -0.3 is 9.72 Å². The molecule has 2 N–H and O–H groups in total. The number of H-pyrrole nitrogens is 2. The number of aryl methyl sites for hydroxylation is 1. The lowest BCUT2D eigenvalue weighted by molar-refractivity contribution is -0.0351. The summed E-state index contributed by atoms with van der Waals surface area (Å²) in [6.07, 6.45) is 1.68. The van der Waals surface area contributed by atoms with Crippen LogP contribution in [0.3, 0.4) is 0 Å². The summed E-state index contributed by atoms with van der Waals surface area (Å²) in [5.41, 5.74) is 3.85. The molecular weight excluding hydrogens is 330 g/mol. The number of hydrogen-bond acceptors (Lipinski definition) is 5. The maximum absolute atomic E-state index is 11.7. The number of morpholine rings is 1. The van der Waals surface area contributed by atoms with Crippen molar-refractivity contribution in [2.24, 2.45) is 0 Å². The molecule has 26 heavy (non-hydrogen) atoms. The minimum absolute atomic E-state index is 0.144. The largest absolute Gasteiger partial charge is 0.369 e. The Bertz CT molecular complexity index is 934. The van der Waals surface area contributed by atoms with Gasteiger partial charge in [0.05, 0.1) is 24.2 Å². The highest BCUT2D eigenvalue weighted by atomic mass is 16.5. The molecule has 134 valence electrons. The van der Waals surface area contributed by atoms with Crippen LogP contribution >= 0.6 is 0 Å². The van der Waals surface area contributed by atoms with Crippen LogP contribution in [0.2, 0.25) is 0 Å². The molecule has 0 amide bonds. The quantitative estimate of drug-likeness (QED) is 0.751. The summed E-state index contributed by atoms with van der Waals surface area (Å²) in [4.78, 5) is 21.1. The molecule has 3 heterocycles. The van der Waals surface area contributed by atoms with Gasteiger partial charge in [-0.1, -0.05) is 30.3 Å². The standard InChI is InChI=1S/C19H21N5O2/c1-13-21-16(9-18(25)22-13)17-12-24(7-8-26-17)11-15-10-20-23-19(15)14-5-3-2-4-6-14/h2-6,9-10,17H,7-8,11-12H2,1H3,(H,20,23)(H,21,22,25)/t17-/m0/s1. The molecule has 3 aromatic rings. The van der Waals surface area contributed by atoms with Gasteiger partial charge in [-0.2, -0.15) is 5.10 Å². The topological polar surface area (TPSA) is 86.9 Å². The fourth-order valence-electron chi connectivity index (χ4n) is 3.32. The van der Waals surface area contributed by atoms with Crippen molar-refractivity contribution in [3.05, 3.63) is 70.0 Å². The van der Waals surface area contributed by atoms with Crippen molar-refractivity contribution >= 4 is 0 Å². The monoisotopic (exact) mass is 351 g/mol. The molecule has 0 spiro atoms. The molecule has 1 fully saturated rings. The normalized spacial score (nSPS) is 18.1. The number of hydrogen-bond donors (Lipinski definition) is 2. The third-order valence-electron chi connectivity index (χ3n) is 4.53. The van der Waals surface area contributed by atoms with E-state index in [1.54, 1.807) is 6.92 Å². The SMILES string of the molecule is Cc1nc([C@@H]2CN(Cc3cn[nH]c3-c3ccccc3)CCO2)cc(=O)[nH]1. The highest BCUT2D eigenvalue weighted by Crippen LogP contribution is 2.25. The highest BCUT2D eigenvalue weighted by molar-refractivity contribution is 5.62. The Morgan fingerprint density at radius 2 is 2.15 bits per heavy atom. The molecule has 0 saturated carbocycles. The van der Waals surface area contributed by atoms with Crippen LogP contribution in [0.5, 0.6) is 0 Å². The lowest BCUT2D eigenvalue weighted by atomic mass is 10.1. The van der Waals surface area contributed by atoms with E-state index < -0.39 is 0 Å². The number of aromatic nitrogens is 4. The molecule has 7 heteroatoms. The van der Waals surface area contributed by atoms with Gasteiger partial charge in [0.15, 0.2) is 0 Å². The Hall–Kier alpha value is -2.77. The van der Waals surface area contributed by atoms with E-state index in [-0.39, 0.29) is 11.7 Å². The second kappa shape index (κ2) is 7.23. The van der Waals surface area contributed by atoms with Crippen molar-refractivity contribution in [2.45, 2.75) is 19.6 Å². The number of nitrogens with one attached hydrogen (secondary N) is 2. The molecular formula is C19H21N5O2. The second-order valence-corrected chi connectivity index (χ2v) is 6.49. The summed E-state index contributed by atoms with van der Waals surface area (Å²) in [5.74, 6) is 0.606. The van der Waals surface area contributed by atoms with Crippen LogP contribution in [-0.4, -0.2) is 44.8 Å². The van der Waals surface area contributed by atoms with Crippen molar-refractivity contribution in [3.63, 3.8) is 0 Å². The molecule has 4 rings (SSSR count). The zero-order chi connectivity index (χ0) is 17.9. The van der Waals surface area contributed by atoms with Crippen LogP contribution in [0.25, 0.3) is 11.3 Å². The number of aromatic amines is 2. The predicted octanol–water partition coefficient (Wildman–Crippen LogP) is 2.04. The van der Waals surface area contributed by atoms with Crippen LogP contribution in [0.15, 0.2) is 47.4 Å². The number of benzene rings is 1. The number of ether oxygens (including phenoxy) is 1. The summed E-state index contributed by atoms with van der Waals surface area (Å²) in [6, 6.07) is 11.7. The Morgan fingerprint density at radius 3 is 2.96 bits per heavy atom. The first kappa shape index (κ1) is 16.7. The zero-order valence-corrected chi connectivity index (χ0v) is 14.6. The Labute approximate surface area is 151 Å². The summed E-state index contributed by atoms with van der Waals surface area (Å²) in [7, 11) is 0. The summed E-state index contributed by atoms with van der Waals surface area (Å²) >= 11 is 0. The molecule has 0 unspecified atom stereocenters. The lowest BCUT2D eigenvalue weighted by Crippen LogP contribution is -2.38. The van der Waals surface area contributed by atoms with Crippen LogP contribution in [0.1, 0.15) is 23.2 Å². The lowest BCUT2D eigenvalue weighted by Gasteiger charge is -2.32. The maximum atomic E-state index is 11.7. The van der Waals surface area contributed by atoms with Gasteiger partial charge >= 0.3 is 0 Å². The molecule has 1 aromatic carbocycles. The van der Waals surface area contributed by atoms with Crippen molar-refractivity contribution in [1.29, 1.82) is 0 Å². The van der Waals surface area contributed by atoms with E-state index in [0.717, 1.165) is 29.9 Å². The van der Waals surface area contributed by atoms with Gasteiger partial charge in [0.25, 0.3) is 5.56 Å². The van der Waals surface area contributed by atoms with E-state index >= 15 is 0 Å². The zero-order valence-electron chi connectivity index (χ0n) is 14.6. The van der Waals surface area contributed by atoms with Gasteiger partial charge in [-0.3, -0.25) is 14.8 Å². The third kappa shape index (κ3) is 3.58. The highest BCUT2D eigenvalue weighted by Gasteiger charge is 2.24. The maximum Gasteiger partial charge on any atom is 0.251 e. The Morgan fingerprint density at radius 1 is 1.31 bits per heavy atom. The van der Waals surface area contributed by atoms with E-state index in [1.807, 2.05) is 24.4 Å². The smallest absolute Gasteiger partial charge is 0.251 e. The first-order valence-electron chi connectivity index (χ1n) is 8.68. The van der Waals surface area contributed by atoms with Crippen LogP contribution in [0.4, 0.5) is 0 Å². The fraction of sp³-hybridized carbons (Fsp3) is 0.316. The van der Waals surface area contributed by atoms with Gasteiger partial charge in [0.2, 0.25) is 0 Å². The van der Waals surface area contributed by atoms with Crippen molar-refractivity contribution in [2.75, 3.05) is 19.7 Å². The minimum atomic E-state index is -0.197. The summed E-state index contributed by atoms with van der Waals surface area (Å²) in [5, 5.41) is 7.33. The second-order valence-electron chi connectivity index (χ2n) is 6.49. The molecule has 0 radical (unpaired) electrons. The van der Waals surface area contributed by atoms with Gasteiger partial charge in [-0.25, -0.2) is 4.98 Å². The summed E-state index contributed by atoms with van der Waals surface area (Å²) in [6.45, 7) is 4.68. The first-order valence-corrected chi connectivity index (χ1v) is 8.68. The molecule has 0 bridgehead atoms. The van der Waals surface area contributed by atoms with E-state index in [0.29, 0.717) is 24.7 Å². The molecule has 0 aliphatic carbocycles. The molecule has 1 saturated heterocycles. The van der Waals surface area contributed by atoms with Gasteiger partial charge in [-0.15, -0.1) is 0 Å². The summed E-state index contributed by atoms with van der Waals surface area (Å²) < 4.78 is 5.86. The van der Waals surface area contributed by atoms with Crippen molar-refractivity contribution in [1.82, 2.24) is 25.1 Å².